The highest BCUT2D eigenvalue weighted by molar-refractivity contribution is 4.65. The number of nitrogens with zero attached hydrogens (tertiary/aromatic N) is 5. The van der Waals surface area contributed by atoms with Gasteiger partial charge in [0.15, 0.2) is 0 Å². The number of hydrogen-bond donors (Lipinski definition) is 0. The van der Waals surface area contributed by atoms with E-state index in [2.05, 4.69) is 27.5 Å². The number of imidazole rings is 1. The highest BCUT2D eigenvalue weighted by atomic mass is 15.4. The fourth-order valence-electron chi connectivity index (χ4n) is 1.65. The molecule has 0 N–H and O–H groups in total. The largest absolute Gasteiger partial charge is 0.265 e. The maximum absolute atomic E-state index is 4.32. The Morgan fingerprint density at radius 1 is 1.31 bits per heavy atom. The summed E-state index contributed by atoms with van der Waals surface area (Å²) in [5.41, 5.74) is 0. The first-order valence-electron chi connectivity index (χ1n) is 5.70. The Labute approximate surface area is 95.6 Å². The van der Waals surface area contributed by atoms with Crippen molar-refractivity contribution in [2.24, 2.45) is 7.05 Å². The van der Waals surface area contributed by atoms with Crippen LogP contribution in [0.2, 0.25) is 0 Å². The van der Waals surface area contributed by atoms with Crippen LogP contribution >= 0.6 is 0 Å². The van der Waals surface area contributed by atoms with Gasteiger partial charge in [-0.1, -0.05) is 18.0 Å². The van der Waals surface area contributed by atoms with E-state index in [0.29, 0.717) is 0 Å². The molecule has 16 heavy (non-hydrogen) atoms. The molecular weight excluding hydrogens is 202 g/mol. The monoisotopic (exact) mass is 221 g/mol. The summed E-state index contributed by atoms with van der Waals surface area (Å²) < 4.78 is 8.19. The number of hydrogen-bond acceptors (Lipinski definition) is 1. The quantitative estimate of drug-likeness (QED) is 0.659. The molecule has 0 atom stereocenters. The third kappa shape index (κ3) is 2.68. The van der Waals surface area contributed by atoms with Gasteiger partial charge in [0.25, 0.3) is 6.33 Å². The van der Waals surface area contributed by atoms with Gasteiger partial charge in [0.2, 0.25) is 19.3 Å². The Hall–Kier alpha value is -1.65. The molecule has 0 aliphatic heterocycles. The summed E-state index contributed by atoms with van der Waals surface area (Å²) in [6.45, 7) is 4.01. The van der Waals surface area contributed by atoms with Crippen LogP contribution in [0.25, 0.3) is 0 Å². The fourth-order valence-corrected chi connectivity index (χ4v) is 1.65. The van der Waals surface area contributed by atoms with E-state index in [9.17, 15) is 0 Å². The molecule has 2 aromatic rings. The van der Waals surface area contributed by atoms with E-state index in [1.165, 1.54) is 12.8 Å². The van der Waals surface area contributed by atoms with E-state index in [-0.39, 0.29) is 0 Å². The maximum atomic E-state index is 4.32. The third-order valence-electron chi connectivity index (χ3n) is 2.53. The minimum atomic E-state index is 0.764. The van der Waals surface area contributed by atoms with Crippen molar-refractivity contribution in [2.75, 3.05) is 0 Å². The first-order valence-corrected chi connectivity index (χ1v) is 5.70. The summed E-state index contributed by atoms with van der Waals surface area (Å²) in [7, 11) is 2.01. The lowest BCUT2D eigenvalue weighted by atomic mass is 10.3. The average Bonchev–Trinajstić information content (AvgIpc) is 2.86. The van der Waals surface area contributed by atoms with E-state index >= 15 is 0 Å². The Balaban J connectivity index is 1.97. The molecule has 0 spiro atoms. The van der Waals surface area contributed by atoms with Crippen molar-refractivity contribution in [2.45, 2.75) is 33.0 Å². The smallest absolute Gasteiger partial charge is 0.239 e. The summed E-state index contributed by atoms with van der Waals surface area (Å²) in [5, 5.41) is 4.32. The molecular formula is C11H19N5+2. The molecule has 0 amide bonds. The third-order valence-corrected chi connectivity index (χ3v) is 2.53. The number of unbranched alkanes of at least 4 members (excludes halogenated alkanes) is 1. The lowest BCUT2D eigenvalue weighted by molar-refractivity contribution is -0.698. The van der Waals surface area contributed by atoms with E-state index in [0.717, 1.165) is 13.2 Å². The highest BCUT2D eigenvalue weighted by Gasteiger charge is 2.08. The van der Waals surface area contributed by atoms with Gasteiger partial charge >= 0.3 is 0 Å². The molecule has 0 unspecified atom stereocenters. The first-order chi connectivity index (χ1) is 7.78. The van der Waals surface area contributed by atoms with Crippen molar-refractivity contribution in [1.29, 1.82) is 0 Å². The van der Waals surface area contributed by atoms with Gasteiger partial charge in [-0.15, -0.1) is 0 Å². The zero-order valence-electron chi connectivity index (χ0n) is 9.95. The molecule has 5 heteroatoms. The van der Waals surface area contributed by atoms with Crippen LogP contribution in [0.1, 0.15) is 19.8 Å². The second kappa shape index (κ2) is 4.92. The summed E-state index contributed by atoms with van der Waals surface area (Å²) in [5.74, 6) is 0. The van der Waals surface area contributed by atoms with Gasteiger partial charge in [0.05, 0.1) is 13.6 Å². The van der Waals surface area contributed by atoms with Crippen LogP contribution in [-0.4, -0.2) is 14.3 Å². The Bertz CT molecular complexity index is 443. The first kappa shape index (κ1) is 10.9. The minimum Gasteiger partial charge on any atom is -0.239 e. The molecule has 0 aromatic carbocycles. The molecule has 0 aliphatic rings. The number of aryl methyl sites for hydroxylation is 2. The Morgan fingerprint density at radius 2 is 2.19 bits per heavy atom. The normalized spacial score (nSPS) is 10.9. The Kier molecular flexibility index (Phi) is 3.34. The van der Waals surface area contributed by atoms with Crippen molar-refractivity contribution in [3.8, 4) is 0 Å². The highest BCUT2D eigenvalue weighted by Crippen LogP contribution is 1.88. The van der Waals surface area contributed by atoms with Gasteiger partial charge in [-0.05, 0) is 6.42 Å². The lowest BCUT2D eigenvalue weighted by Crippen LogP contribution is -2.31. The van der Waals surface area contributed by atoms with Crippen LogP contribution in [0.15, 0.2) is 31.4 Å². The lowest BCUT2D eigenvalue weighted by Gasteiger charge is -1.92. The van der Waals surface area contributed by atoms with Gasteiger partial charge < -0.3 is 0 Å². The van der Waals surface area contributed by atoms with Crippen LogP contribution in [-0.2, 0) is 20.3 Å². The molecule has 0 aliphatic carbocycles. The van der Waals surface area contributed by atoms with Crippen LogP contribution in [0, 0.1) is 0 Å². The van der Waals surface area contributed by atoms with Gasteiger partial charge in [-0.3, -0.25) is 0 Å². The molecule has 86 valence electrons. The molecule has 2 aromatic heterocycles. The molecule has 0 bridgehead atoms. The van der Waals surface area contributed by atoms with Crippen molar-refractivity contribution < 1.29 is 9.13 Å². The molecule has 0 saturated heterocycles. The second-order valence-corrected chi connectivity index (χ2v) is 4.11. The summed E-state index contributed by atoms with van der Waals surface area (Å²) in [6.07, 6.45) is 12.5. The van der Waals surface area contributed by atoms with Crippen molar-refractivity contribution >= 4 is 0 Å². The van der Waals surface area contributed by atoms with Gasteiger partial charge in [0, 0.05) is 5.10 Å². The van der Waals surface area contributed by atoms with Crippen LogP contribution in [0.3, 0.4) is 0 Å². The van der Waals surface area contributed by atoms with E-state index < -0.39 is 0 Å². The van der Waals surface area contributed by atoms with Crippen LogP contribution in [0.5, 0.6) is 0 Å². The predicted molar refractivity (Wildman–Crippen MR) is 58.3 cm³/mol. The molecule has 0 saturated carbocycles. The molecule has 0 radical (unpaired) electrons. The van der Waals surface area contributed by atoms with E-state index in [1.807, 2.05) is 41.3 Å². The van der Waals surface area contributed by atoms with Gasteiger partial charge in [-0.25, -0.2) is 13.7 Å². The SMILES string of the molecule is CCCC[n+]1cnn(Cn2cc[n+](C)c2)c1. The molecule has 5 nitrogen and oxygen atoms in total. The second-order valence-electron chi connectivity index (χ2n) is 4.11. The summed E-state index contributed by atoms with van der Waals surface area (Å²) in [4.78, 5) is 0. The Morgan fingerprint density at radius 3 is 2.88 bits per heavy atom. The standard InChI is InChI=1S/C11H19N5/c1-3-4-5-14-8-12-16(10-14)11-15-7-6-13(2)9-15/h6-10H,3-5,11H2,1-2H3/q+2. The van der Waals surface area contributed by atoms with Gasteiger partial charge in [0.1, 0.15) is 12.4 Å². The summed E-state index contributed by atoms with van der Waals surface area (Å²) >= 11 is 0. The molecule has 0 fully saturated rings. The zero-order valence-corrected chi connectivity index (χ0v) is 9.95. The van der Waals surface area contributed by atoms with Crippen molar-refractivity contribution in [1.82, 2.24) is 14.3 Å². The number of rotatable bonds is 5. The van der Waals surface area contributed by atoms with Crippen LogP contribution in [0.4, 0.5) is 0 Å². The fraction of sp³-hybridized carbons (Fsp3) is 0.545. The predicted octanol–water partition coefficient (Wildman–Crippen LogP) is 0.102. The maximum Gasteiger partial charge on any atom is 0.265 e. The van der Waals surface area contributed by atoms with Gasteiger partial charge in [-0.2, -0.15) is 0 Å². The number of aromatic nitrogens is 5. The average molecular weight is 221 g/mol. The van der Waals surface area contributed by atoms with Crippen molar-refractivity contribution in [3.05, 3.63) is 31.4 Å². The zero-order chi connectivity index (χ0) is 11.4. The van der Waals surface area contributed by atoms with Crippen LogP contribution < -0.4 is 9.13 Å². The summed E-state index contributed by atoms with van der Waals surface area (Å²) in [6, 6.07) is 0. The van der Waals surface area contributed by atoms with E-state index in [1.54, 1.807) is 0 Å². The topological polar surface area (TPSA) is 30.5 Å². The van der Waals surface area contributed by atoms with E-state index in [4.69, 9.17) is 0 Å². The molecule has 2 heterocycles. The molecule has 2 rings (SSSR count). The van der Waals surface area contributed by atoms with Crippen molar-refractivity contribution in [3.63, 3.8) is 0 Å². The minimum absolute atomic E-state index is 0.764.